The summed E-state index contributed by atoms with van der Waals surface area (Å²) in [5.41, 5.74) is -2.61. The number of Topliss-reactive ketones (excluding diaryl/α,β-unsaturated/α-hetero) is 1. The van der Waals surface area contributed by atoms with Crippen molar-refractivity contribution in [2.75, 3.05) is 6.61 Å². The lowest BCUT2D eigenvalue weighted by atomic mass is 10.0. The molecule has 0 saturated heterocycles. The van der Waals surface area contributed by atoms with E-state index in [4.69, 9.17) is 10.2 Å². The minimum atomic E-state index is -4.97. The molecule has 0 bridgehead atoms. The number of phenols is 2. The van der Waals surface area contributed by atoms with Gasteiger partial charge in [0.25, 0.3) is 5.78 Å². The second-order valence-corrected chi connectivity index (χ2v) is 3.43. The number of hydrogen-bond acceptors (Lipinski definition) is 5. The summed E-state index contributed by atoms with van der Waals surface area (Å²) in [6.45, 7) is 1.19. The number of ether oxygens (including phenoxy) is 1. The number of aromatic hydroxyl groups is 2. The SMILES string of the molecule is CCOC(=O)C(=O)c1cc(O)c(O)cc1C(F)(F)F. The summed E-state index contributed by atoms with van der Waals surface area (Å²) in [5, 5.41) is 18.2. The van der Waals surface area contributed by atoms with Crippen molar-refractivity contribution in [3.63, 3.8) is 0 Å². The minimum absolute atomic E-state index is 0.168. The average molecular weight is 278 g/mol. The fourth-order valence-electron chi connectivity index (χ4n) is 1.31. The molecular weight excluding hydrogens is 269 g/mol. The quantitative estimate of drug-likeness (QED) is 0.381. The van der Waals surface area contributed by atoms with Gasteiger partial charge in [0.05, 0.1) is 12.2 Å². The van der Waals surface area contributed by atoms with E-state index in [0.717, 1.165) is 0 Å². The number of carbonyl (C=O) groups excluding carboxylic acids is 2. The van der Waals surface area contributed by atoms with Gasteiger partial charge in [0.15, 0.2) is 11.5 Å². The Morgan fingerprint density at radius 1 is 1.21 bits per heavy atom. The van der Waals surface area contributed by atoms with E-state index in [1.807, 2.05) is 0 Å². The average Bonchev–Trinajstić information content (AvgIpc) is 2.30. The fourth-order valence-corrected chi connectivity index (χ4v) is 1.31. The van der Waals surface area contributed by atoms with E-state index in [9.17, 15) is 22.8 Å². The lowest BCUT2D eigenvalue weighted by molar-refractivity contribution is -0.139. The third kappa shape index (κ3) is 3.15. The Bertz CT molecular complexity index is 522. The molecule has 8 heteroatoms. The molecule has 104 valence electrons. The molecule has 0 spiro atoms. The predicted octanol–water partition coefficient (Wildman–Crippen LogP) is 1.86. The molecule has 0 aromatic heterocycles. The van der Waals surface area contributed by atoms with E-state index in [0.29, 0.717) is 6.07 Å². The monoisotopic (exact) mass is 278 g/mol. The number of esters is 1. The standard InChI is InChI=1S/C11H9F3O5/c1-2-19-10(18)9(17)5-3-7(15)8(16)4-6(5)11(12,13)14/h3-4,15-16H,2H2,1H3. The number of alkyl halides is 3. The molecule has 5 nitrogen and oxygen atoms in total. The second-order valence-electron chi connectivity index (χ2n) is 3.43. The first-order valence-electron chi connectivity index (χ1n) is 5.03. The molecule has 0 aliphatic rings. The van der Waals surface area contributed by atoms with Crippen LogP contribution in [0.1, 0.15) is 22.8 Å². The van der Waals surface area contributed by atoms with Crippen molar-refractivity contribution in [1.29, 1.82) is 0 Å². The summed E-state index contributed by atoms with van der Waals surface area (Å²) in [6.07, 6.45) is -4.97. The molecule has 0 saturated carbocycles. The maximum absolute atomic E-state index is 12.7. The first kappa shape index (κ1) is 14.8. The van der Waals surface area contributed by atoms with Crippen LogP contribution in [0.2, 0.25) is 0 Å². The molecule has 0 amide bonds. The molecule has 0 aliphatic heterocycles. The number of ketones is 1. The van der Waals surface area contributed by atoms with E-state index in [2.05, 4.69) is 4.74 Å². The highest BCUT2D eigenvalue weighted by Crippen LogP contribution is 2.38. The number of carbonyl (C=O) groups is 2. The highest BCUT2D eigenvalue weighted by molar-refractivity contribution is 6.41. The number of hydrogen-bond donors (Lipinski definition) is 2. The van der Waals surface area contributed by atoms with Crippen LogP contribution in [0.5, 0.6) is 11.5 Å². The van der Waals surface area contributed by atoms with Gasteiger partial charge in [-0.1, -0.05) is 0 Å². The molecule has 1 aromatic rings. The van der Waals surface area contributed by atoms with Crippen molar-refractivity contribution in [2.24, 2.45) is 0 Å². The van der Waals surface area contributed by atoms with Gasteiger partial charge in [-0.25, -0.2) is 4.79 Å². The van der Waals surface area contributed by atoms with Crippen molar-refractivity contribution >= 4 is 11.8 Å². The predicted molar refractivity (Wildman–Crippen MR) is 55.7 cm³/mol. The summed E-state index contributed by atoms with van der Waals surface area (Å²) in [6, 6.07) is 0.541. The van der Waals surface area contributed by atoms with E-state index < -0.39 is 40.6 Å². The Labute approximate surface area is 105 Å². The highest BCUT2D eigenvalue weighted by Gasteiger charge is 2.38. The largest absolute Gasteiger partial charge is 0.504 e. The molecule has 0 atom stereocenters. The molecular formula is C11H9F3O5. The number of phenolic OH excluding ortho intramolecular Hbond substituents is 2. The lowest BCUT2D eigenvalue weighted by Gasteiger charge is -2.12. The zero-order valence-electron chi connectivity index (χ0n) is 9.61. The Morgan fingerprint density at radius 3 is 2.21 bits per heavy atom. The van der Waals surface area contributed by atoms with Crippen LogP contribution in [0.3, 0.4) is 0 Å². The van der Waals surface area contributed by atoms with Crippen LogP contribution in [0, 0.1) is 0 Å². The van der Waals surface area contributed by atoms with Crippen molar-refractivity contribution < 1.29 is 37.7 Å². The van der Waals surface area contributed by atoms with Crippen molar-refractivity contribution in [3.8, 4) is 11.5 Å². The number of rotatable bonds is 3. The molecule has 1 aromatic carbocycles. The summed E-state index contributed by atoms with van der Waals surface area (Å²) in [4.78, 5) is 22.6. The van der Waals surface area contributed by atoms with Gasteiger partial charge in [0, 0.05) is 5.56 Å². The van der Waals surface area contributed by atoms with E-state index in [1.54, 1.807) is 0 Å². The van der Waals surface area contributed by atoms with Gasteiger partial charge in [-0.15, -0.1) is 0 Å². The van der Waals surface area contributed by atoms with Crippen molar-refractivity contribution in [3.05, 3.63) is 23.3 Å². The third-order valence-corrected chi connectivity index (χ3v) is 2.13. The van der Waals surface area contributed by atoms with Gasteiger partial charge in [-0.2, -0.15) is 13.2 Å². The first-order valence-corrected chi connectivity index (χ1v) is 5.03. The lowest BCUT2D eigenvalue weighted by Crippen LogP contribution is -2.21. The number of benzene rings is 1. The Morgan fingerprint density at radius 2 is 1.74 bits per heavy atom. The van der Waals surface area contributed by atoms with Gasteiger partial charge in [0.1, 0.15) is 0 Å². The minimum Gasteiger partial charge on any atom is -0.504 e. The fraction of sp³-hybridized carbons (Fsp3) is 0.273. The van der Waals surface area contributed by atoms with Gasteiger partial charge in [-0.05, 0) is 19.1 Å². The Balaban J connectivity index is 3.37. The van der Waals surface area contributed by atoms with Gasteiger partial charge in [-0.3, -0.25) is 4.79 Å². The van der Waals surface area contributed by atoms with Crippen molar-refractivity contribution in [1.82, 2.24) is 0 Å². The van der Waals surface area contributed by atoms with E-state index in [1.165, 1.54) is 6.92 Å². The van der Waals surface area contributed by atoms with Crippen LogP contribution in [-0.4, -0.2) is 28.6 Å². The molecule has 2 N–H and O–H groups in total. The molecule has 0 heterocycles. The zero-order chi connectivity index (χ0) is 14.8. The van der Waals surface area contributed by atoms with Crippen LogP contribution in [0.25, 0.3) is 0 Å². The normalized spacial score (nSPS) is 11.2. The Hall–Kier alpha value is -2.25. The van der Waals surface area contributed by atoms with Gasteiger partial charge < -0.3 is 14.9 Å². The van der Waals surface area contributed by atoms with Crippen LogP contribution in [0.15, 0.2) is 12.1 Å². The topological polar surface area (TPSA) is 83.8 Å². The van der Waals surface area contributed by atoms with Crippen LogP contribution in [-0.2, 0) is 15.7 Å². The first-order chi connectivity index (χ1) is 8.68. The molecule has 0 fully saturated rings. The Kier molecular flexibility index (Phi) is 4.03. The maximum atomic E-state index is 12.7. The third-order valence-electron chi connectivity index (χ3n) is 2.13. The van der Waals surface area contributed by atoms with E-state index in [-0.39, 0.29) is 12.7 Å². The molecule has 19 heavy (non-hydrogen) atoms. The zero-order valence-corrected chi connectivity index (χ0v) is 9.61. The smallest absolute Gasteiger partial charge is 0.417 e. The summed E-state index contributed by atoms with van der Waals surface area (Å²) in [7, 11) is 0. The summed E-state index contributed by atoms with van der Waals surface area (Å²) in [5.74, 6) is -5.02. The molecule has 0 unspecified atom stereocenters. The highest BCUT2D eigenvalue weighted by atomic mass is 19.4. The van der Waals surface area contributed by atoms with Crippen LogP contribution in [0.4, 0.5) is 13.2 Å². The summed E-state index contributed by atoms with van der Waals surface area (Å²) >= 11 is 0. The molecule has 1 rings (SSSR count). The van der Waals surface area contributed by atoms with E-state index >= 15 is 0 Å². The molecule has 0 aliphatic carbocycles. The van der Waals surface area contributed by atoms with Crippen LogP contribution >= 0.6 is 0 Å². The van der Waals surface area contributed by atoms with Gasteiger partial charge >= 0.3 is 12.1 Å². The second kappa shape index (κ2) is 5.17. The van der Waals surface area contributed by atoms with Crippen molar-refractivity contribution in [2.45, 2.75) is 13.1 Å². The number of halogens is 3. The maximum Gasteiger partial charge on any atom is 0.417 e. The van der Waals surface area contributed by atoms with Gasteiger partial charge in [0.2, 0.25) is 0 Å². The summed E-state index contributed by atoms with van der Waals surface area (Å²) < 4.78 is 42.3. The molecule has 0 radical (unpaired) electrons. The van der Waals surface area contributed by atoms with Crippen LogP contribution < -0.4 is 0 Å².